The van der Waals surface area contributed by atoms with Crippen molar-refractivity contribution in [3.63, 3.8) is 0 Å². The number of hydrogen-bond donors (Lipinski definition) is 1. The van der Waals surface area contributed by atoms with Gasteiger partial charge in [0.25, 0.3) is 0 Å². The minimum Gasteiger partial charge on any atom is -0.314 e. The van der Waals surface area contributed by atoms with Gasteiger partial charge in [-0.15, -0.1) is 0 Å². The third kappa shape index (κ3) is 4.31. The van der Waals surface area contributed by atoms with Crippen molar-refractivity contribution in [1.82, 2.24) is 10.3 Å². The molecule has 2 unspecified atom stereocenters. The third-order valence-corrected chi connectivity index (χ3v) is 3.26. The number of aryl methyl sites for hydroxylation is 1. The first-order valence-electron chi connectivity index (χ1n) is 6.40. The average molecular weight is 220 g/mol. The standard InChI is InChI=1S/C14H24N2/c1-4-12(3)14(16-5-2)9-8-13-7-6-10-15-11-13/h6-7,10-12,14,16H,4-5,8-9H2,1-3H3. The van der Waals surface area contributed by atoms with Crippen molar-refractivity contribution in [3.8, 4) is 0 Å². The van der Waals surface area contributed by atoms with Crippen molar-refractivity contribution in [1.29, 1.82) is 0 Å². The molecule has 0 bridgehead atoms. The van der Waals surface area contributed by atoms with Crippen LogP contribution in [0.25, 0.3) is 0 Å². The lowest BCUT2D eigenvalue weighted by Crippen LogP contribution is -2.35. The summed E-state index contributed by atoms with van der Waals surface area (Å²) < 4.78 is 0. The van der Waals surface area contributed by atoms with E-state index in [0.717, 1.165) is 18.9 Å². The number of rotatable bonds is 7. The van der Waals surface area contributed by atoms with Gasteiger partial charge in [0, 0.05) is 18.4 Å². The topological polar surface area (TPSA) is 24.9 Å². The van der Waals surface area contributed by atoms with Crippen molar-refractivity contribution in [2.75, 3.05) is 6.54 Å². The molecule has 0 saturated carbocycles. The van der Waals surface area contributed by atoms with E-state index >= 15 is 0 Å². The monoisotopic (exact) mass is 220 g/mol. The first-order chi connectivity index (χ1) is 7.77. The van der Waals surface area contributed by atoms with Gasteiger partial charge in [-0.3, -0.25) is 4.98 Å². The van der Waals surface area contributed by atoms with Crippen LogP contribution in [0.5, 0.6) is 0 Å². The van der Waals surface area contributed by atoms with Crippen LogP contribution in [0.1, 0.15) is 39.2 Å². The maximum atomic E-state index is 4.15. The maximum absolute atomic E-state index is 4.15. The summed E-state index contributed by atoms with van der Waals surface area (Å²) in [5.41, 5.74) is 1.34. The molecule has 0 amide bonds. The van der Waals surface area contributed by atoms with Crippen LogP contribution in [0, 0.1) is 5.92 Å². The molecule has 1 N–H and O–H groups in total. The number of pyridine rings is 1. The Hall–Kier alpha value is -0.890. The van der Waals surface area contributed by atoms with Gasteiger partial charge in [0.05, 0.1) is 0 Å². The lowest BCUT2D eigenvalue weighted by molar-refractivity contribution is 0.354. The van der Waals surface area contributed by atoms with E-state index in [1.807, 2.05) is 18.5 Å². The average Bonchev–Trinajstić information content (AvgIpc) is 2.34. The van der Waals surface area contributed by atoms with E-state index in [9.17, 15) is 0 Å². The molecule has 0 aliphatic carbocycles. The Balaban J connectivity index is 2.43. The highest BCUT2D eigenvalue weighted by Gasteiger charge is 2.14. The molecule has 0 saturated heterocycles. The summed E-state index contributed by atoms with van der Waals surface area (Å²) in [5.74, 6) is 0.747. The SMILES string of the molecule is CCNC(CCc1cccnc1)C(C)CC. The zero-order valence-corrected chi connectivity index (χ0v) is 10.7. The number of hydrogen-bond acceptors (Lipinski definition) is 2. The molecule has 0 radical (unpaired) electrons. The van der Waals surface area contributed by atoms with E-state index in [2.05, 4.69) is 37.1 Å². The molecule has 90 valence electrons. The molecule has 0 spiro atoms. The molecule has 1 heterocycles. The normalized spacial score (nSPS) is 14.7. The molecule has 1 rings (SSSR count). The fourth-order valence-electron chi connectivity index (χ4n) is 2.00. The van der Waals surface area contributed by atoms with Crippen molar-refractivity contribution in [2.45, 2.75) is 46.1 Å². The van der Waals surface area contributed by atoms with E-state index < -0.39 is 0 Å². The number of aromatic nitrogens is 1. The van der Waals surface area contributed by atoms with Gasteiger partial charge in [-0.1, -0.05) is 33.3 Å². The Morgan fingerprint density at radius 1 is 1.38 bits per heavy atom. The maximum Gasteiger partial charge on any atom is 0.0299 e. The van der Waals surface area contributed by atoms with E-state index in [0.29, 0.717) is 6.04 Å². The van der Waals surface area contributed by atoms with Crippen LogP contribution >= 0.6 is 0 Å². The second-order valence-corrected chi connectivity index (χ2v) is 4.45. The van der Waals surface area contributed by atoms with Crippen molar-refractivity contribution < 1.29 is 0 Å². The van der Waals surface area contributed by atoms with E-state index in [1.54, 1.807) is 0 Å². The summed E-state index contributed by atoms with van der Waals surface area (Å²) in [7, 11) is 0. The van der Waals surface area contributed by atoms with Crippen LogP contribution in [0.15, 0.2) is 24.5 Å². The first kappa shape index (κ1) is 13.2. The Morgan fingerprint density at radius 2 is 2.19 bits per heavy atom. The lowest BCUT2D eigenvalue weighted by Gasteiger charge is -2.23. The Bertz CT molecular complexity index is 271. The summed E-state index contributed by atoms with van der Waals surface area (Å²) >= 11 is 0. The fraction of sp³-hybridized carbons (Fsp3) is 0.643. The van der Waals surface area contributed by atoms with Gasteiger partial charge in [0.1, 0.15) is 0 Å². The highest BCUT2D eigenvalue weighted by atomic mass is 14.9. The summed E-state index contributed by atoms with van der Waals surface area (Å²) in [4.78, 5) is 4.15. The largest absolute Gasteiger partial charge is 0.314 e. The lowest BCUT2D eigenvalue weighted by atomic mass is 9.93. The van der Waals surface area contributed by atoms with Gasteiger partial charge in [-0.25, -0.2) is 0 Å². The van der Waals surface area contributed by atoms with Crippen molar-refractivity contribution in [3.05, 3.63) is 30.1 Å². The van der Waals surface area contributed by atoms with Crippen molar-refractivity contribution in [2.24, 2.45) is 5.92 Å². The minimum atomic E-state index is 0.634. The summed E-state index contributed by atoms with van der Waals surface area (Å²) in [6, 6.07) is 4.81. The quantitative estimate of drug-likeness (QED) is 0.764. The molecule has 2 heteroatoms. The van der Waals surface area contributed by atoms with Crippen molar-refractivity contribution >= 4 is 0 Å². The van der Waals surface area contributed by atoms with E-state index in [-0.39, 0.29) is 0 Å². The van der Waals surface area contributed by atoms with Gasteiger partial charge in [-0.2, -0.15) is 0 Å². The van der Waals surface area contributed by atoms with Crippen LogP contribution in [0.4, 0.5) is 0 Å². The second-order valence-electron chi connectivity index (χ2n) is 4.45. The smallest absolute Gasteiger partial charge is 0.0299 e. The predicted molar refractivity (Wildman–Crippen MR) is 69.5 cm³/mol. The molecular formula is C14H24N2. The molecule has 16 heavy (non-hydrogen) atoms. The minimum absolute atomic E-state index is 0.634. The molecule has 1 aromatic rings. The van der Waals surface area contributed by atoms with E-state index in [4.69, 9.17) is 0 Å². The first-order valence-corrected chi connectivity index (χ1v) is 6.40. The highest BCUT2D eigenvalue weighted by molar-refractivity contribution is 5.08. The Kier molecular flexibility index (Phi) is 6.09. The van der Waals surface area contributed by atoms with Gasteiger partial charge in [-0.05, 0) is 36.9 Å². The molecule has 0 aliphatic rings. The van der Waals surface area contributed by atoms with Crippen LogP contribution in [-0.4, -0.2) is 17.6 Å². The van der Waals surface area contributed by atoms with Gasteiger partial charge >= 0.3 is 0 Å². The van der Waals surface area contributed by atoms with Crippen LogP contribution in [0.2, 0.25) is 0 Å². The zero-order valence-electron chi connectivity index (χ0n) is 10.7. The predicted octanol–water partition coefficient (Wildman–Crippen LogP) is 3.04. The number of nitrogens with one attached hydrogen (secondary N) is 1. The van der Waals surface area contributed by atoms with Gasteiger partial charge < -0.3 is 5.32 Å². The van der Waals surface area contributed by atoms with Crippen LogP contribution in [0.3, 0.4) is 0 Å². The Morgan fingerprint density at radius 3 is 2.75 bits per heavy atom. The fourth-order valence-corrected chi connectivity index (χ4v) is 2.00. The molecule has 2 atom stereocenters. The highest BCUT2D eigenvalue weighted by Crippen LogP contribution is 2.13. The van der Waals surface area contributed by atoms with Gasteiger partial charge in [0.15, 0.2) is 0 Å². The number of nitrogens with zero attached hydrogens (tertiary/aromatic N) is 1. The third-order valence-electron chi connectivity index (χ3n) is 3.26. The molecule has 0 fully saturated rings. The molecular weight excluding hydrogens is 196 g/mol. The molecule has 0 aromatic carbocycles. The Labute approximate surface area is 99.5 Å². The molecule has 2 nitrogen and oxygen atoms in total. The summed E-state index contributed by atoms with van der Waals surface area (Å²) in [6.07, 6.45) is 7.37. The van der Waals surface area contributed by atoms with Crippen LogP contribution < -0.4 is 5.32 Å². The molecule has 0 aliphatic heterocycles. The molecule has 1 aromatic heterocycles. The zero-order chi connectivity index (χ0) is 11.8. The van der Waals surface area contributed by atoms with E-state index in [1.165, 1.54) is 18.4 Å². The summed E-state index contributed by atoms with van der Waals surface area (Å²) in [5, 5.41) is 3.58. The summed E-state index contributed by atoms with van der Waals surface area (Å²) in [6.45, 7) is 7.83. The van der Waals surface area contributed by atoms with Crippen LogP contribution in [-0.2, 0) is 6.42 Å². The van der Waals surface area contributed by atoms with Gasteiger partial charge in [0.2, 0.25) is 0 Å². The second kappa shape index (κ2) is 7.39.